The molecule has 0 spiro atoms. The van der Waals surface area contributed by atoms with Gasteiger partial charge in [-0.2, -0.15) is 0 Å². The van der Waals surface area contributed by atoms with Crippen LogP contribution in [0.25, 0.3) is 0 Å². The van der Waals surface area contributed by atoms with Crippen LogP contribution in [0.15, 0.2) is 47.1 Å². The molecule has 0 saturated carbocycles. The van der Waals surface area contributed by atoms with E-state index in [1.54, 1.807) is 21.9 Å². The number of carbonyl (C=O) groups excluding carboxylic acids is 2. The molecule has 1 saturated heterocycles. The van der Waals surface area contributed by atoms with Crippen LogP contribution in [-0.2, 0) is 21.3 Å². The molecule has 1 aliphatic heterocycles. The molecule has 138 valence electrons. The Morgan fingerprint density at radius 1 is 1.08 bits per heavy atom. The fourth-order valence-electron chi connectivity index (χ4n) is 2.98. The first kappa shape index (κ1) is 18.4. The smallest absolute Gasteiger partial charge is 0.289 e. The lowest BCUT2D eigenvalue weighted by atomic mass is 10.2. The van der Waals surface area contributed by atoms with Gasteiger partial charge in [0.2, 0.25) is 5.91 Å². The number of amides is 2. The monoisotopic (exact) mass is 374 g/mol. The maximum absolute atomic E-state index is 12.4. The molecule has 0 aliphatic carbocycles. The minimum atomic E-state index is -1.24. The van der Waals surface area contributed by atoms with Crippen LogP contribution < -0.4 is 0 Å². The second-order valence-electron chi connectivity index (χ2n) is 6.37. The standard InChI is InChI=1S/C19H22N2O4S/c1-15-4-2-5-16(12-15)13-26(24)14-18(22)20-7-9-21(10-8-20)19(23)17-6-3-11-25-17/h2-6,11-12H,7-10,13-14H2,1H3/t26-/m1/s1. The van der Waals surface area contributed by atoms with Gasteiger partial charge in [-0.15, -0.1) is 0 Å². The molecule has 1 aromatic heterocycles. The molecule has 1 aliphatic rings. The fourth-order valence-corrected chi connectivity index (χ4v) is 4.09. The van der Waals surface area contributed by atoms with Gasteiger partial charge in [-0.05, 0) is 24.6 Å². The Morgan fingerprint density at radius 3 is 2.46 bits per heavy atom. The molecule has 1 fully saturated rings. The molecule has 0 radical (unpaired) electrons. The highest BCUT2D eigenvalue weighted by Crippen LogP contribution is 2.11. The summed E-state index contributed by atoms with van der Waals surface area (Å²) in [6, 6.07) is 11.1. The lowest BCUT2D eigenvalue weighted by Gasteiger charge is -2.34. The van der Waals surface area contributed by atoms with E-state index in [4.69, 9.17) is 4.42 Å². The van der Waals surface area contributed by atoms with Crippen molar-refractivity contribution in [3.63, 3.8) is 0 Å². The maximum atomic E-state index is 12.4. The zero-order valence-electron chi connectivity index (χ0n) is 14.7. The van der Waals surface area contributed by atoms with E-state index in [9.17, 15) is 13.8 Å². The molecule has 0 unspecified atom stereocenters. The third-order valence-corrected chi connectivity index (χ3v) is 5.57. The molecule has 2 aromatic rings. The lowest BCUT2D eigenvalue weighted by Crippen LogP contribution is -2.51. The van der Waals surface area contributed by atoms with Crippen LogP contribution in [0.1, 0.15) is 21.7 Å². The Balaban J connectivity index is 1.47. The summed E-state index contributed by atoms with van der Waals surface area (Å²) in [6.45, 7) is 3.80. The van der Waals surface area contributed by atoms with Gasteiger partial charge in [0.15, 0.2) is 5.76 Å². The summed E-state index contributed by atoms with van der Waals surface area (Å²) in [5, 5.41) is 0. The third-order valence-electron chi connectivity index (χ3n) is 4.35. The molecule has 2 heterocycles. The largest absolute Gasteiger partial charge is 0.459 e. The number of carbonyl (C=O) groups is 2. The molecule has 6 nitrogen and oxygen atoms in total. The Bertz CT molecular complexity index is 796. The first-order valence-corrected chi connectivity index (χ1v) is 10.0. The highest BCUT2D eigenvalue weighted by molar-refractivity contribution is 7.84. The van der Waals surface area contributed by atoms with E-state index in [1.807, 2.05) is 31.2 Å². The summed E-state index contributed by atoms with van der Waals surface area (Å²) in [7, 11) is -1.24. The topological polar surface area (TPSA) is 70.8 Å². The number of benzene rings is 1. The Hall–Kier alpha value is -2.41. The van der Waals surface area contributed by atoms with Crippen LogP contribution >= 0.6 is 0 Å². The summed E-state index contributed by atoms with van der Waals surface area (Å²) in [5.74, 6) is 0.417. The van der Waals surface area contributed by atoms with E-state index >= 15 is 0 Å². The van der Waals surface area contributed by atoms with E-state index in [2.05, 4.69) is 0 Å². The van der Waals surface area contributed by atoms with E-state index in [1.165, 1.54) is 6.26 Å². The predicted molar refractivity (Wildman–Crippen MR) is 99.1 cm³/mol. The number of nitrogens with zero attached hydrogens (tertiary/aromatic N) is 2. The average molecular weight is 374 g/mol. The van der Waals surface area contributed by atoms with Crippen molar-refractivity contribution >= 4 is 22.6 Å². The van der Waals surface area contributed by atoms with Crippen LogP contribution in [0.4, 0.5) is 0 Å². The normalized spacial score (nSPS) is 15.7. The Kier molecular flexibility index (Phi) is 5.88. The summed E-state index contributed by atoms with van der Waals surface area (Å²) < 4.78 is 17.4. The molecule has 1 aromatic carbocycles. The molecule has 0 bridgehead atoms. The van der Waals surface area contributed by atoms with Gasteiger partial charge < -0.3 is 14.2 Å². The average Bonchev–Trinajstić information content (AvgIpc) is 3.15. The molecule has 0 N–H and O–H groups in total. The number of hydrogen-bond donors (Lipinski definition) is 0. The highest BCUT2D eigenvalue weighted by atomic mass is 32.2. The van der Waals surface area contributed by atoms with Gasteiger partial charge in [0, 0.05) is 42.7 Å². The van der Waals surface area contributed by atoms with Crippen molar-refractivity contribution in [2.24, 2.45) is 0 Å². The van der Waals surface area contributed by atoms with E-state index < -0.39 is 10.8 Å². The number of furan rings is 1. The van der Waals surface area contributed by atoms with Crippen LogP contribution in [0.2, 0.25) is 0 Å². The van der Waals surface area contributed by atoms with Crippen LogP contribution in [0, 0.1) is 6.92 Å². The van der Waals surface area contributed by atoms with Gasteiger partial charge in [0.05, 0.1) is 6.26 Å². The highest BCUT2D eigenvalue weighted by Gasteiger charge is 2.26. The second kappa shape index (κ2) is 8.31. The summed E-state index contributed by atoms with van der Waals surface area (Å²) in [4.78, 5) is 28.0. The van der Waals surface area contributed by atoms with Gasteiger partial charge in [0.25, 0.3) is 5.91 Å². The van der Waals surface area contributed by atoms with Crippen molar-refractivity contribution < 1.29 is 18.2 Å². The SMILES string of the molecule is Cc1cccc(C[S@@](=O)CC(=O)N2CCN(C(=O)c3ccco3)CC2)c1. The quantitative estimate of drug-likeness (QED) is 0.800. The van der Waals surface area contributed by atoms with Gasteiger partial charge in [-0.3, -0.25) is 13.8 Å². The summed E-state index contributed by atoms with van der Waals surface area (Å²) >= 11 is 0. The third kappa shape index (κ3) is 4.60. The molecule has 26 heavy (non-hydrogen) atoms. The maximum Gasteiger partial charge on any atom is 0.289 e. The molecule has 2 amide bonds. The zero-order valence-corrected chi connectivity index (χ0v) is 15.5. The van der Waals surface area contributed by atoms with Gasteiger partial charge in [-0.1, -0.05) is 29.8 Å². The van der Waals surface area contributed by atoms with Crippen LogP contribution in [0.5, 0.6) is 0 Å². The molecule has 7 heteroatoms. The minimum Gasteiger partial charge on any atom is -0.459 e. The summed E-state index contributed by atoms with van der Waals surface area (Å²) in [5.41, 5.74) is 2.09. The van der Waals surface area contributed by atoms with Crippen LogP contribution in [-0.4, -0.2) is 57.8 Å². The Morgan fingerprint density at radius 2 is 1.81 bits per heavy atom. The van der Waals surface area contributed by atoms with Crippen molar-refractivity contribution in [1.29, 1.82) is 0 Å². The predicted octanol–water partition coefficient (Wildman–Crippen LogP) is 1.82. The van der Waals surface area contributed by atoms with E-state index in [0.29, 0.717) is 37.7 Å². The first-order valence-electron chi connectivity index (χ1n) is 8.54. The van der Waals surface area contributed by atoms with Gasteiger partial charge in [-0.25, -0.2) is 0 Å². The van der Waals surface area contributed by atoms with Crippen molar-refractivity contribution in [2.75, 3.05) is 31.9 Å². The fraction of sp³-hybridized carbons (Fsp3) is 0.368. The van der Waals surface area contributed by atoms with Gasteiger partial charge >= 0.3 is 0 Å². The van der Waals surface area contributed by atoms with Crippen LogP contribution in [0.3, 0.4) is 0 Å². The van der Waals surface area contributed by atoms with Crippen molar-refractivity contribution in [1.82, 2.24) is 9.80 Å². The van der Waals surface area contributed by atoms with Crippen molar-refractivity contribution in [3.8, 4) is 0 Å². The van der Waals surface area contributed by atoms with E-state index in [-0.39, 0.29) is 17.6 Å². The number of rotatable bonds is 5. The van der Waals surface area contributed by atoms with Gasteiger partial charge in [0.1, 0.15) is 5.75 Å². The lowest BCUT2D eigenvalue weighted by molar-refractivity contribution is -0.129. The molecule has 3 rings (SSSR count). The zero-order chi connectivity index (χ0) is 18.5. The van der Waals surface area contributed by atoms with Crippen molar-refractivity contribution in [3.05, 3.63) is 59.5 Å². The first-order chi connectivity index (χ1) is 12.5. The number of piperazine rings is 1. The molecule has 1 atom stereocenters. The molecular formula is C19H22N2O4S. The van der Waals surface area contributed by atoms with E-state index in [0.717, 1.165) is 11.1 Å². The minimum absolute atomic E-state index is 0.0140. The summed E-state index contributed by atoms with van der Waals surface area (Å²) in [6.07, 6.45) is 1.47. The second-order valence-corrected chi connectivity index (χ2v) is 7.82. The molecular weight excluding hydrogens is 352 g/mol. The van der Waals surface area contributed by atoms with Crippen molar-refractivity contribution in [2.45, 2.75) is 12.7 Å². The Labute approximate surface area is 155 Å². The number of hydrogen-bond acceptors (Lipinski definition) is 4. The number of aryl methyl sites for hydroxylation is 1.